The van der Waals surface area contributed by atoms with Crippen LogP contribution in [0.5, 0.6) is 5.88 Å². The largest absolute Gasteiger partial charge is 0.444 e. The average molecular weight is 403 g/mol. The van der Waals surface area contributed by atoms with Gasteiger partial charge in [0.25, 0.3) is 0 Å². The predicted molar refractivity (Wildman–Crippen MR) is 99.4 cm³/mol. The van der Waals surface area contributed by atoms with Crippen LogP contribution in [0.15, 0.2) is 29.2 Å². The molecule has 1 aromatic carbocycles. The minimum atomic E-state index is -4.03. The summed E-state index contributed by atoms with van der Waals surface area (Å²) in [6.07, 6.45) is 0.477. The molecule has 3 aliphatic rings. The molecule has 0 spiro atoms. The zero-order chi connectivity index (χ0) is 20.1. The number of ether oxygens (including phenoxy) is 1. The van der Waals surface area contributed by atoms with Crippen molar-refractivity contribution in [2.24, 2.45) is 0 Å². The molecule has 3 aliphatic heterocycles. The Morgan fingerprint density at radius 2 is 1.89 bits per heavy atom. The zero-order valence-electron chi connectivity index (χ0n) is 15.9. The minimum absolute atomic E-state index is 0.0179. The molecule has 0 N–H and O–H groups in total. The molecule has 0 radical (unpaired) electrons. The molecule has 4 heterocycles. The summed E-state index contributed by atoms with van der Waals surface area (Å²) in [5.74, 6) is 0.472. The van der Waals surface area contributed by atoms with Gasteiger partial charge in [-0.05, 0) is 38.5 Å². The van der Waals surface area contributed by atoms with E-state index in [0.29, 0.717) is 36.5 Å². The van der Waals surface area contributed by atoms with Gasteiger partial charge in [0, 0.05) is 19.4 Å². The first-order valence-corrected chi connectivity index (χ1v) is 10.4. The van der Waals surface area contributed by atoms with Crippen molar-refractivity contribution >= 4 is 16.2 Å². The first-order chi connectivity index (χ1) is 13.1. The lowest BCUT2D eigenvalue weighted by atomic mass is 10.1. The van der Waals surface area contributed by atoms with Crippen molar-refractivity contribution in [1.82, 2.24) is 14.9 Å². The summed E-state index contributed by atoms with van der Waals surface area (Å²) < 4.78 is 36.1. The van der Waals surface area contributed by atoms with E-state index in [4.69, 9.17) is 8.92 Å². The molecule has 8 nitrogen and oxygen atoms in total. The van der Waals surface area contributed by atoms with Crippen LogP contribution in [-0.4, -0.2) is 41.5 Å². The van der Waals surface area contributed by atoms with E-state index in [-0.39, 0.29) is 17.3 Å². The molecular formula is C19H21N3O5S. The molecule has 1 aromatic heterocycles. The van der Waals surface area contributed by atoms with Crippen molar-refractivity contribution in [3.63, 3.8) is 0 Å². The number of amides is 1. The number of carbonyl (C=O) groups excluding carboxylic acids is 1. The smallest absolute Gasteiger partial charge is 0.410 e. The van der Waals surface area contributed by atoms with E-state index in [1.165, 1.54) is 17.0 Å². The van der Waals surface area contributed by atoms with Crippen molar-refractivity contribution in [2.75, 3.05) is 6.54 Å². The van der Waals surface area contributed by atoms with Gasteiger partial charge in [0.15, 0.2) is 0 Å². The molecule has 0 atom stereocenters. The van der Waals surface area contributed by atoms with E-state index >= 15 is 0 Å². The van der Waals surface area contributed by atoms with Gasteiger partial charge in [-0.2, -0.15) is 13.4 Å². The van der Waals surface area contributed by atoms with Crippen LogP contribution in [0, 0.1) is 0 Å². The molecule has 9 heteroatoms. The van der Waals surface area contributed by atoms with E-state index in [9.17, 15) is 13.2 Å². The highest BCUT2D eigenvalue weighted by molar-refractivity contribution is 7.87. The summed E-state index contributed by atoms with van der Waals surface area (Å²) in [6.45, 7) is 5.94. The third kappa shape index (κ3) is 3.66. The number of aromatic nitrogens is 2. The van der Waals surface area contributed by atoms with Crippen LogP contribution in [0.2, 0.25) is 0 Å². The van der Waals surface area contributed by atoms with Gasteiger partial charge in [-0.1, -0.05) is 12.1 Å². The average Bonchev–Trinajstić information content (AvgIpc) is 2.60. The Labute approximate surface area is 163 Å². The second-order valence-corrected chi connectivity index (χ2v) is 9.43. The van der Waals surface area contributed by atoms with Crippen LogP contribution in [0.25, 0.3) is 0 Å². The number of hydrogen-bond acceptors (Lipinski definition) is 7. The predicted octanol–water partition coefficient (Wildman–Crippen LogP) is 2.44. The Bertz CT molecular complexity index is 1040. The van der Waals surface area contributed by atoms with Crippen LogP contribution in [0.4, 0.5) is 4.79 Å². The molecule has 1 amide bonds. The monoisotopic (exact) mass is 403 g/mol. The molecule has 0 unspecified atom stereocenters. The van der Waals surface area contributed by atoms with E-state index in [2.05, 4.69) is 9.97 Å². The topological polar surface area (TPSA) is 98.7 Å². The summed E-state index contributed by atoms with van der Waals surface area (Å²) in [5, 5.41) is 0. The summed E-state index contributed by atoms with van der Waals surface area (Å²) in [6, 6.07) is 6.48. The molecule has 5 rings (SSSR count). The lowest BCUT2D eigenvalue weighted by Gasteiger charge is -2.31. The fourth-order valence-electron chi connectivity index (χ4n) is 3.17. The summed E-state index contributed by atoms with van der Waals surface area (Å²) in [4.78, 5) is 22.9. The Kier molecular flexibility index (Phi) is 4.29. The quantitative estimate of drug-likeness (QED) is 0.623. The zero-order valence-corrected chi connectivity index (χ0v) is 16.7. The SMILES string of the molecule is CC(C)(C)OC(=O)N1CCc2nc3nc(c2C1)OS(=O)(=O)c1ccc(cc1)C3. The third-order valence-electron chi connectivity index (χ3n) is 4.48. The van der Waals surface area contributed by atoms with Gasteiger partial charge in [-0.25, -0.2) is 9.78 Å². The van der Waals surface area contributed by atoms with Crippen molar-refractivity contribution in [1.29, 1.82) is 0 Å². The first-order valence-electron chi connectivity index (χ1n) is 9.01. The second-order valence-electron chi connectivity index (χ2n) is 7.88. The number of fused-ring (bicyclic) bond motifs is 4. The van der Waals surface area contributed by atoms with E-state index in [1.807, 2.05) is 0 Å². The summed E-state index contributed by atoms with van der Waals surface area (Å²) in [7, 11) is -4.03. The first kappa shape index (κ1) is 18.7. The van der Waals surface area contributed by atoms with Crippen LogP contribution in [-0.2, 0) is 34.2 Å². The van der Waals surface area contributed by atoms with Crippen molar-refractivity contribution in [3.8, 4) is 5.88 Å². The van der Waals surface area contributed by atoms with Crippen LogP contribution in [0.3, 0.4) is 0 Å². The van der Waals surface area contributed by atoms with Crippen molar-refractivity contribution in [3.05, 3.63) is 46.9 Å². The van der Waals surface area contributed by atoms with Crippen LogP contribution >= 0.6 is 0 Å². The number of nitrogens with zero attached hydrogens (tertiary/aromatic N) is 3. The molecular weight excluding hydrogens is 382 g/mol. The van der Waals surface area contributed by atoms with Crippen molar-refractivity contribution in [2.45, 2.75) is 50.7 Å². The highest BCUT2D eigenvalue weighted by Crippen LogP contribution is 2.30. The van der Waals surface area contributed by atoms with Crippen molar-refractivity contribution < 1.29 is 22.1 Å². The van der Waals surface area contributed by atoms with Crippen LogP contribution < -0.4 is 4.18 Å². The lowest BCUT2D eigenvalue weighted by molar-refractivity contribution is 0.0221. The van der Waals surface area contributed by atoms with Gasteiger partial charge in [-0.3, -0.25) is 0 Å². The molecule has 0 saturated carbocycles. The Morgan fingerprint density at radius 1 is 1.18 bits per heavy atom. The molecule has 28 heavy (non-hydrogen) atoms. The standard InChI is InChI=1S/C19H21N3O5S/c1-19(2,3)26-18(23)22-9-8-15-14(11-22)17-21-16(20-15)10-12-4-6-13(7-5-12)28(24,25)27-17/h4-7H,8-11H2,1-3H3. The van der Waals surface area contributed by atoms with Gasteiger partial charge in [-0.15, -0.1) is 0 Å². The molecule has 4 bridgehead atoms. The maximum absolute atomic E-state index is 12.6. The Hall–Kier alpha value is -2.68. The molecule has 0 aliphatic carbocycles. The van der Waals surface area contributed by atoms with E-state index in [1.54, 1.807) is 32.9 Å². The molecule has 148 valence electrons. The molecule has 0 saturated heterocycles. The Morgan fingerprint density at radius 3 is 2.57 bits per heavy atom. The van der Waals surface area contributed by atoms with Crippen LogP contribution in [0.1, 0.15) is 43.4 Å². The normalized spacial score (nSPS) is 17.5. The fourth-order valence-corrected chi connectivity index (χ4v) is 4.08. The van der Waals surface area contributed by atoms with Gasteiger partial charge < -0.3 is 13.8 Å². The fraction of sp³-hybridized carbons (Fsp3) is 0.421. The maximum Gasteiger partial charge on any atom is 0.410 e. The number of rotatable bonds is 0. The van der Waals surface area contributed by atoms with Gasteiger partial charge in [0.2, 0.25) is 5.88 Å². The molecule has 0 fully saturated rings. The number of carbonyl (C=O) groups is 1. The van der Waals surface area contributed by atoms with E-state index < -0.39 is 21.8 Å². The van der Waals surface area contributed by atoms with Gasteiger partial charge in [0.05, 0.1) is 17.8 Å². The Balaban J connectivity index is 1.73. The summed E-state index contributed by atoms with van der Waals surface area (Å²) in [5.41, 5.74) is 1.49. The highest BCUT2D eigenvalue weighted by Gasteiger charge is 2.31. The number of benzene rings is 1. The number of hydrogen-bond donors (Lipinski definition) is 0. The van der Waals surface area contributed by atoms with E-state index in [0.717, 1.165) is 5.56 Å². The summed E-state index contributed by atoms with van der Waals surface area (Å²) >= 11 is 0. The van der Waals surface area contributed by atoms with Gasteiger partial charge in [0.1, 0.15) is 16.3 Å². The third-order valence-corrected chi connectivity index (χ3v) is 5.71. The molecule has 2 aromatic rings. The lowest BCUT2D eigenvalue weighted by Crippen LogP contribution is -2.40. The second kappa shape index (κ2) is 6.44. The maximum atomic E-state index is 12.6. The van der Waals surface area contributed by atoms with Gasteiger partial charge >= 0.3 is 16.2 Å². The minimum Gasteiger partial charge on any atom is -0.444 e. The highest BCUT2D eigenvalue weighted by atomic mass is 32.2.